The van der Waals surface area contributed by atoms with E-state index in [0.717, 1.165) is 53.5 Å². The number of amides is 1. The van der Waals surface area contributed by atoms with Gasteiger partial charge in [-0.1, -0.05) is 24.0 Å². The van der Waals surface area contributed by atoms with E-state index in [1.807, 2.05) is 26.2 Å². The Morgan fingerprint density at radius 2 is 1.67 bits per heavy atom. The van der Waals surface area contributed by atoms with Crippen LogP contribution < -0.4 is 15.5 Å². The summed E-state index contributed by atoms with van der Waals surface area (Å²) in [4.78, 5) is 13.7. The summed E-state index contributed by atoms with van der Waals surface area (Å²) in [6.45, 7) is 1.40. The second-order valence-electron chi connectivity index (χ2n) is 5.89. The third-order valence-corrected chi connectivity index (χ3v) is 4.29. The van der Waals surface area contributed by atoms with Crippen LogP contribution >= 0.6 is 0 Å². The zero-order valence-corrected chi connectivity index (χ0v) is 18.8. The zero-order valence-electron chi connectivity index (χ0n) is 15.3. The van der Waals surface area contributed by atoms with Crippen molar-refractivity contribution in [2.75, 3.05) is 42.4 Å². The maximum absolute atomic E-state index is 11.7. The number of nitrogens with zero attached hydrogens (tertiary/aromatic N) is 1. The van der Waals surface area contributed by atoms with Gasteiger partial charge < -0.3 is 40.8 Å². The molecule has 1 amide bonds. The van der Waals surface area contributed by atoms with Gasteiger partial charge in [0.1, 0.15) is 0 Å². The molecule has 0 aliphatic rings. The van der Waals surface area contributed by atoms with E-state index < -0.39 is 0 Å². The van der Waals surface area contributed by atoms with Crippen molar-refractivity contribution in [1.29, 1.82) is 0 Å². The van der Waals surface area contributed by atoms with Crippen LogP contribution in [0.4, 0.5) is 11.4 Å². The van der Waals surface area contributed by atoms with Gasteiger partial charge in [0.2, 0.25) is 0 Å². The van der Waals surface area contributed by atoms with Crippen LogP contribution in [-0.2, 0) is 59.0 Å². The molecule has 0 aliphatic heterocycles. The standard InChI is InChI=1S/C19H25N3OS2.O.Tc/c1-22(2)17-6-3-14(4-7-17)15-5-8-18(21-19(23)13-25)16(11-15)12-20-9-10-24;;/h3-8,11,20,24-25H,9-10,12-13H2,1-2H3,(H,21,23);;/q;;+2/p-2. The number of anilines is 2. The van der Waals surface area contributed by atoms with Gasteiger partial charge in [-0.3, -0.25) is 4.79 Å². The molecule has 0 aliphatic carbocycles. The van der Waals surface area contributed by atoms with Gasteiger partial charge in [-0.2, -0.15) is 5.75 Å². The monoisotopic (exact) mass is 486 g/mol. The normalized spacial score (nSPS) is 9.89. The quantitative estimate of drug-likeness (QED) is 0.441. The number of hydrogen-bond acceptors (Lipinski definition) is 6. The van der Waals surface area contributed by atoms with Crippen molar-refractivity contribution in [2.45, 2.75) is 6.54 Å². The molecule has 0 saturated carbocycles. The van der Waals surface area contributed by atoms with Gasteiger partial charge in [-0.25, -0.2) is 0 Å². The van der Waals surface area contributed by atoms with E-state index in [4.69, 9.17) is 28.8 Å². The number of rotatable bonds is 8. The molecule has 2 N–H and O–H groups in total. The summed E-state index contributed by atoms with van der Waals surface area (Å²) >= 11 is 10.7. The second-order valence-corrected chi connectivity index (χ2v) is 6.58. The molecule has 0 bridgehead atoms. The minimum atomic E-state index is -0.164. The fourth-order valence-electron chi connectivity index (χ4n) is 2.48. The van der Waals surface area contributed by atoms with Crippen molar-refractivity contribution in [2.24, 2.45) is 0 Å². The van der Waals surface area contributed by atoms with E-state index in [-0.39, 0.29) is 11.7 Å². The SMILES string of the molecule is CN(C)c1ccc(-c2ccc(NC(=O)C[S-])c(CNCC[S-])c2)cc1.[O]=[Tc+2]. The van der Waals surface area contributed by atoms with Crippen molar-refractivity contribution < 1.29 is 27.2 Å². The summed E-state index contributed by atoms with van der Waals surface area (Å²) in [7, 11) is 4.04. The summed E-state index contributed by atoms with van der Waals surface area (Å²) in [5.74, 6) is 0.536. The molecule has 0 heterocycles. The molecular formula is C19H23N3O2S2Tc. The Balaban J connectivity index is 0.00000176. The van der Waals surface area contributed by atoms with Crippen LogP contribution in [0.1, 0.15) is 5.56 Å². The fraction of sp³-hybridized carbons (Fsp3) is 0.316. The molecule has 0 atom stereocenters. The molecular weight excluding hydrogens is 464 g/mol. The Morgan fingerprint density at radius 3 is 2.22 bits per heavy atom. The van der Waals surface area contributed by atoms with Gasteiger partial charge in [-0.05, 0) is 47.5 Å². The molecule has 0 radical (unpaired) electrons. The van der Waals surface area contributed by atoms with Gasteiger partial charge in [0.25, 0.3) is 0 Å². The summed E-state index contributed by atoms with van der Waals surface area (Å²) in [5, 5.41) is 6.17. The van der Waals surface area contributed by atoms with E-state index in [1.54, 1.807) is 0 Å². The van der Waals surface area contributed by atoms with E-state index in [2.05, 4.69) is 45.9 Å². The first kappa shape index (κ1) is 23.9. The molecule has 5 nitrogen and oxygen atoms in total. The number of hydrogen-bond donors (Lipinski definition) is 2. The van der Waals surface area contributed by atoms with Crippen LogP contribution in [0.5, 0.6) is 0 Å². The van der Waals surface area contributed by atoms with Gasteiger partial charge in [0.05, 0.1) is 0 Å². The zero-order chi connectivity index (χ0) is 20.2. The molecule has 0 saturated heterocycles. The summed E-state index contributed by atoms with van der Waals surface area (Å²) in [6.07, 6.45) is 0. The van der Waals surface area contributed by atoms with Crippen molar-refractivity contribution in [3.8, 4) is 11.1 Å². The van der Waals surface area contributed by atoms with E-state index >= 15 is 0 Å². The Bertz CT molecular complexity index is 727. The van der Waals surface area contributed by atoms with Gasteiger partial charge in [-0.15, -0.1) is 0 Å². The second kappa shape index (κ2) is 13.1. The van der Waals surface area contributed by atoms with E-state index in [0.29, 0.717) is 12.3 Å². The first-order chi connectivity index (χ1) is 13.0. The fourth-order valence-corrected chi connectivity index (χ4v) is 2.69. The Morgan fingerprint density at radius 1 is 1.04 bits per heavy atom. The minimum absolute atomic E-state index is 0.0484. The molecule has 27 heavy (non-hydrogen) atoms. The van der Waals surface area contributed by atoms with Gasteiger partial charge in [0.15, 0.2) is 5.91 Å². The number of carbonyl (C=O) groups is 1. The first-order valence-corrected chi connectivity index (χ1v) is 10.2. The topological polar surface area (TPSA) is 61.4 Å². The van der Waals surface area contributed by atoms with Crippen molar-refractivity contribution in [3.63, 3.8) is 0 Å². The number of carbonyl (C=O) groups excluding carboxylic acids is 1. The Labute approximate surface area is 182 Å². The van der Waals surface area contributed by atoms with Crippen LogP contribution in [0.15, 0.2) is 42.5 Å². The average Bonchev–Trinajstić information content (AvgIpc) is 2.70. The predicted molar refractivity (Wildman–Crippen MR) is 112 cm³/mol. The van der Waals surface area contributed by atoms with E-state index in [1.165, 1.54) is 0 Å². The summed E-state index contributed by atoms with van der Waals surface area (Å²) < 4.78 is 8.22. The van der Waals surface area contributed by atoms with Crippen molar-refractivity contribution in [3.05, 3.63) is 48.0 Å². The van der Waals surface area contributed by atoms with Crippen LogP contribution in [0.3, 0.4) is 0 Å². The van der Waals surface area contributed by atoms with Crippen molar-refractivity contribution >= 4 is 42.5 Å². The molecule has 8 heteroatoms. The predicted octanol–water partition coefficient (Wildman–Crippen LogP) is 2.42. The first-order valence-electron chi connectivity index (χ1n) is 8.28. The third kappa shape index (κ3) is 7.76. The maximum atomic E-state index is 11.7. The molecule has 0 aromatic heterocycles. The molecule has 0 unspecified atom stereocenters. The molecule has 0 spiro atoms. The third-order valence-electron chi connectivity index (χ3n) is 3.82. The van der Waals surface area contributed by atoms with Crippen molar-refractivity contribution in [1.82, 2.24) is 5.32 Å². The Hall–Kier alpha value is -1.18. The average molecular weight is 488 g/mol. The summed E-state index contributed by atoms with van der Waals surface area (Å²) in [6, 6.07) is 14.4. The number of benzene rings is 2. The Kier molecular flexibility index (Phi) is 11.6. The molecule has 2 rings (SSSR count). The van der Waals surface area contributed by atoms with Gasteiger partial charge in [0, 0.05) is 32.0 Å². The van der Waals surface area contributed by atoms with E-state index in [9.17, 15) is 4.79 Å². The molecule has 2 aromatic carbocycles. The van der Waals surface area contributed by atoms with Crippen LogP contribution in [0, 0.1) is 0 Å². The molecule has 2 aromatic rings. The van der Waals surface area contributed by atoms with Crippen LogP contribution in [0.2, 0.25) is 0 Å². The van der Waals surface area contributed by atoms with Crippen LogP contribution in [-0.4, -0.2) is 38.1 Å². The number of nitrogens with one attached hydrogen (secondary N) is 2. The molecule has 145 valence electrons. The summed E-state index contributed by atoms with van der Waals surface area (Å²) in [5.41, 5.74) is 5.22. The van der Waals surface area contributed by atoms with Crippen LogP contribution in [0.25, 0.3) is 11.1 Å². The molecule has 0 fully saturated rings. The van der Waals surface area contributed by atoms with Gasteiger partial charge >= 0.3 is 22.4 Å².